The van der Waals surface area contributed by atoms with Crippen molar-refractivity contribution in [3.05, 3.63) is 0 Å². The Labute approximate surface area is 85.4 Å². The van der Waals surface area contributed by atoms with E-state index in [0.29, 0.717) is 16.2 Å². The van der Waals surface area contributed by atoms with Crippen molar-refractivity contribution in [3.8, 4) is 0 Å². The van der Waals surface area contributed by atoms with Gasteiger partial charge in [-0.2, -0.15) is 0 Å². The molecule has 1 spiro atoms. The maximum absolute atomic E-state index is 11.3. The molecule has 78 valence electrons. The van der Waals surface area contributed by atoms with Gasteiger partial charge in [-0.25, -0.2) is 0 Å². The van der Waals surface area contributed by atoms with Crippen molar-refractivity contribution in [1.82, 2.24) is 5.32 Å². The van der Waals surface area contributed by atoms with Crippen molar-refractivity contribution in [2.45, 2.75) is 46.0 Å². The predicted molar refractivity (Wildman–Crippen MR) is 54.7 cm³/mol. The molecule has 2 nitrogen and oxygen atoms in total. The van der Waals surface area contributed by atoms with Crippen LogP contribution in [0.2, 0.25) is 0 Å². The van der Waals surface area contributed by atoms with Gasteiger partial charge in [0.2, 0.25) is 5.91 Å². The highest BCUT2D eigenvalue weighted by Gasteiger charge is 2.64. The minimum atomic E-state index is 0.276. The molecule has 0 radical (unpaired) electrons. The Morgan fingerprint density at radius 3 is 2.07 bits per heavy atom. The van der Waals surface area contributed by atoms with Crippen molar-refractivity contribution >= 4 is 5.91 Å². The molecular weight excluding hydrogens is 174 g/mol. The van der Waals surface area contributed by atoms with Crippen molar-refractivity contribution in [2.24, 2.45) is 16.2 Å². The summed E-state index contributed by atoms with van der Waals surface area (Å²) in [5.41, 5.74) is 1.41. The molecule has 1 N–H and O–H groups in total. The standard InChI is InChI=1S/C12H19NO/c1-10-3-4-11(10,2)7-12(6-10)5-9(14)13-8-12/h3-8H2,1-2H3,(H,13,14)/t10-,11+,12-. The average molecular weight is 193 g/mol. The Bertz CT molecular complexity index is 293. The summed E-state index contributed by atoms with van der Waals surface area (Å²) in [5, 5.41) is 3.02. The third kappa shape index (κ3) is 0.850. The molecule has 1 heterocycles. The van der Waals surface area contributed by atoms with E-state index in [4.69, 9.17) is 0 Å². The van der Waals surface area contributed by atoms with Gasteiger partial charge in [0.15, 0.2) is 0 Å². The lowest BCUT2D eigenvalue weighted by Crippen LogP contribution is -2.42. The number of amides is 1. The van der Waals surface area contributed by atoms with Gasteiger partial charge in [-0.1, -0.05) is 13.8 Å². The van der Waals surface area contributed by atoms with E-state index in [1.165, 1.54) is 25.7 Å². The number of hydrogen-bond donors (Lipinski definition) is 1. The lowest BCUT2D eigenvalue weighted by molar-refractivity contribution is -0.119. The Morgan fingerprint density at radius 1 is 1.14 bits per heavy atom. The molecular formula is C12H19NO. The van der Waals surface area contributed by atoms with Crippen LogP contribution in [-0.2, 0) is 4.79 Å². The third-order valence-electron chi connectivity index (χ3n) is 5.41. The maximum atomic E-state index is 11.3. The van der Waals surface area contributed by atoms with Gasteiger partial charge in [0.1, 0.15) is 0 Å². The van der Waals surface area contributed by atoms with E-state index in [0.717, 1.165) is 13.0 Å². The minimum absolute atomic E-state index is 0.276. The van der Waals surface area contributed by atoms with Crippen molar-refractivity contribution < 1.29 is 4.79 Å². The zero-order valence-electron chi connectivity index (χ0n) is 9.15. The van der Waals surface area contributed by atoms with Crippen molar-refractivity contribution in [1.29, 1.82) is 0 Å². The average Bonchev–Trinajstić information content (AvgIpc) is 2.50. The van der Waals surface area contributed by atoms with Crippen LogP contribution in [-0.4, -0.2) is 12.5 Å². The maximum Gasteiger partial charge on any atom is 0.220 e. The molecule has 1 aliphatic heterocycles. The van der Waals surface area contributed by atoms with E-state index in [1.807, 2.05) is 0 Å². The van der Waals surface area contributed by atoms with E-state index >= 15 is 0 Å². The number of rotatable bonds is 0. The first-order chi connectivity index (χ1) is 6.47. The Kier molecular flexibility index (Phi) is 1.36. The summed E-state index contributed by atoms with van der Waals surface area (Å²) in [5.74, 6) is 0.276. The fourth-order valence-electron chi connectivity index (χ4n) is 4.30. The van der Waals surface area contributed by atoms with Crippen LogP contribution < -0.4 is 5.32 Å². The molecule has 0 aromatic heterocycles. The number of hydrogen-bond acceptors (Lipinski definition) is 1. The molecule has 1 amide bonds. The van der Waals surface area contributed by atoms with E-state index < -0.39 is 0 Å². The molecule has 3 rings (SSSR count). The molecule has 2 heteroatoms. The highest BCUT2D eigenvalue weighted by atomic mass is 16.1. The van der Waals surface area contributed by atoms with E-state index in [1.54, 1.807) is 0 Å². The largest absolute Gasteiger partial charge is 0.356 e. The summed E-state index contributed by atoms with van der Waals surface area (Å²) in [6.07, 6.45) is 6.08. The quantitative estimate of drug-likeness (QED) is 0.627. The lowest BCUT2D eigenvalue weighted by Gasteiger charge is -2.52. The van der Waals surface area contributed by atoms with Crippen molar-refractivity contribution in [3.63, 3.8) is 0 Å². The lowest BCUT2D eigenvalue weighted by atomic mass is 9.53. The molecule has 3 atom stereocenters. The minimum Gasteiger partial charge on any atom is -0.356 e. The van der Waals surface area contributed by atoms with Gasteiger partial charge in [-0.05, 0) is 41.9 Å². The summed E-state index contributed by atoms with van der Waals surface area (Å²) in [7, 11) is 0. The second-order valence-corrected chi connectivity index (χ2v) is 6.43. The molecule has 0 aromatic carbocycles. The molecule has 1 saturated heterocycles. The first kappa shape index (κ1) is 8.75. The van der Waals surface area contributed by atoms with Gasteiger partial charge in [0, 0.05) is 13.0 Å². The molecule has 0 unspecified atom stereocenters. The number of carbonyl (C=O) groups excluding carboxylic acids is 1. The van der Waals surface area contributed by atoms with Crippen LogP contribution in [0.15, 0.2) is 0 Å². The third-order valence-corrected chi connectivity index (χ3v) is 5.41. The van der Waals surface area contributed by atoms with Crippen LogP contribution in [0.1, 0.15) is 46.0 Å². The molecule has 0 bridgehead atoms. The zero-order valence-corrected chi connectivity index (χ0v) is 9.15. The number of carbonyl (C=O) groups is 1. The predicted octanol–water partition coefficient (Wildman–Crippen LogP) is 2.09. The van der Waals surface area contributed by atoms with Gasteiger partial charge in [-0.15, -0.1) is 0 Å². The molecule has 3 aliphatic rings. The summed E-state index contributed by atoms with van der Waals surface area (Å²) in [4.78, 5) is 11.3. The summed E-state index contributed by atoms with van der Waals surface area (Å²) >= 11 is 0. The Balaban J connectivity index is 1.90. The topological polar surface area (TPSA) is 29.1 Å². The summed E-state index contributed by atoms with van der Waals surface area (Å²) in [6, 6.07) is 0. The number of nitrogens with one attached hydrogen (secondary N) is 1. The Hall–Kier alpha value is -0.530. The fourth-order valence-corrected chi connectivity index (χ4v) is 4.30. The highest BCUT2D eigenvalue weighted by Crippen LogP contribution is 2.72. The molecule has 3 fully saturated rings. The van der Waals surface area contributed by atoms with E-state index in [-0.39, 0.29) is 5.91 Å². The fraction of sp³-hybridized carbons (Fsp3) is 0.917. The van der Waals surface area contributed by atoms with Gasteiger partial charge < -0.3 is 5.32 Å². The van der Waals surface area contributed by atoms with Gasteiger partial charge >= 0.3 is 0 Å². The van der Waals surface area contributed by atoms with Crippen LogP contribution >= 0.6 is 0 Å². The van der Waals surface area contributed by atoms with Crippen LogP contribution in [0.3, 0.4) is 0 Å². The molecule has 2 aliphatic carbocycles. The van der Waals surface area contributed by atoms with Crippen LogP contribution in [0.5, 0.6) is 0 Å². The summed E-state index contributed by atoms with van der Waals surface area (Å²) in [6.45, 7) is 5.79. The highest BCUT2D eigenvalue weighted by molar-refractivity contribution is 5.79. The summed E-state index contributed by atoms with van der Waals surface area (Å²) < 4.78 is 0. The first-order valence-electron chi connectivity index (χ1n) is 5.74. The van der Waals surface area contributed by atoms with Crippen LogP contribution in [0, 0.1) is 16.2 Å². The zero-order chi connectivity index (χ0) is 10.0. The Morgan fingerprint density at radius 2 is 1.71 bits per heavy atom. The monoisotopic (exact) mass is 193 g/mol. The second-order valence-electron chi connectivity index (χ2n) is 6.43. The van der Waals surface area contributed by atoms with E-state index in [2.05, 4.69) is 19.2 Å². The van der Waals surface area contributed by atoms with Crippen molar-refractivity contribution in [2.75, 3.05) is 6.54 Å². The van der Waals surface area contributed by atoms with E-state index in [9.17, 15) is 4.79 Å². The smallest absolute Gasteiger partial charge is 0.220 e. The second kappa shape index (κ2) is 2.17. The first-order valence-corrected chi connectivity index (χ1v) is 5.74. The van der Waals surface area contributed by atoms with Gasteiger partial charge in [0.05, 0.1) is 0 Å². The van der Waals surface area contributed by atoms with Crippen LogP contribution in [0.4, 0.5) is 0 Å². The van der Waals surface area contributed by atoms with Gasteiger partial charge in [-0.3, -0.25) is 4.79 Å². The van der Waals surface area contributed by atoms with Crippen LogP contribution in [0.25, 0.3) is 0 Å². The van der Waals surface area contributed by atoms with Gasteiger partial charge in [0.25, 0.3) is 0 Å². The molecule has 0 aromatic rings. The number of fused-ring (bicyclic) bond motifs is 1. The molecule has 14 heavy (non-hydrogen) atoms. The SMILES string of the molecule is C[C@@]12CC[C@]1(C)C[C@@]1(CNC(=O)C1)C2. The normalized spacial score (nSPS) is 55.7. The molecule has 2 saturated carbocycles.